The quantitative estimate of drug-likeness (QED) is 0.364. The molecule has 0 bridgehead atoms. The fourth-order valence-electron chi connectivity index (χ4n) is 0.936. The van der Waals surface area contributed by atoms with Crippen molar-refractivity contribution in [3.05, 3.63) is 0 Å². The highest BCUT2D eigenvalue weighted by Crippen LogP contribution is 2.02. The Kier molecular flexibility index (Phi) is 7.23. The van der Waals surface area contributed by atoms with Crippen LogP contribution in [0.3, 0.4) is 0 Å². The number of ether oxygens (including phenoxy) is 1. The highest BCUT2D eigenvalue weighted by Gasteiger charge is 2.29. The van der Waals surface area contributed by atoms with Crippen LogP contribution in [0.25, 0.3) is 0 Å². The zero-order valence-electron chi connectivity index (χ0n) is 8.90. The van der Waals surface area contributed by atoms with Gasteiger partial charge >= 0.3 is 0 Å². The number of hydrogen-bond acceptors (Lipinski definition) is 5. The Bertz CT molecular complexity index is 173. The predicted octanol–water partition coefficient (Wildman–Crippen LogP) is -1.76. The second-order valence-electron chi connectivity index (χ2n) is 3.25. The van der Waals surface area contributed by atoms with Crippen molar-refractivity contribution >= 4 is 5.91 Å². The van der Waals surface area contributed by atoms with Crippen LogP contribution in [-0.4, -0.2) is 59.8 Å². The Morgan fingerprint density at radius 2 is 1.80 bits per heavy atom. The lowest BCUT2D eigenvalue weighted by Crippen LogP contribution is -2.57. The summed E-state index contributed by atoms with van der Waals surface area (Å²) in [6.45, 7) is 1.08. The molecule has 6 nitrogen and oxygen atoms in total. The van der Waals surface area contributed by atoms with Crippen molar-refractivity contribution in [2.24, 2.45) is 0 Å². The van der Waals surface area contributed by atoms with Crippen LogP contribution in [-0.2, 0) is 9.53 Å². The van der Waals surface area contributed by atoms with Gasteiger partial charge in [0.2, 0.25) is 5.91 Å². The Labute approximate surface area is 88.9 Å². The van der Waals surface area contributed by atoms with Gasteiger partial charge in [0, 0.05) is 13.0 Å². The second kappa shape index (κ2) is 7.58. The summed E-state index contributed by atoms with van der Waals surface area (Å²) in [7, 11) is 0. The van der Waals surface area contributed by atoms with Crippen LogP contribution in [0.1, 0.15) is 13.3 Å². The van der Waals surface area contributed by atoms with E-state index in [0.717, 1.165) is 0 Å². The van der Waals surface area contributed by atoms with Crippen LogP contribution < -0.4 is 5.32 Å². The van der Waals surface area contributed by atoms with E-state index < -0.39 is 25.4 Å². The number of aliphatic hydroxyl groups excluding tert-OH is 3. The van der Waals surface area contributed by atoms with Crippen LogP contribution in [0.5, 0.6) is 0 Å². The number of amides is 1. The minimum atomic E-state index is -1.34. The molecular formula is C9H19NO5. The minimum Gasteiger partial charge on any atom is -0.394 e. The van der Waals surface area contributed by atoms with Gasteiger partial charge in [-0.15, -0.1) is 0 Å². The molecule has 0 aromatic heterocycles. The molecule has 0 aliphatic rings. The van der Waals surface area contributed by atoms with Crippen molar-refractivity contribution < 1.29 is 24.9 Å². The van der Waals surface area contributed by atoms with Crippen LogP contribution in [0.15, 0.2) is 0 Å². The average Bonchev–Trinajstić information content (AvgIpc) is 2.26. The lowest BCUT2D eigenvalue weighted by Gasteiger charge is -2.28. The maximum atomic E-state index is 11.3. The highest BCUT2D eigenvalue weighted by molar-refractivity contribution is 5.76. The summed E-state index contributed by atoms with van der Waals surface area (Å²) in [6.07, 6.45) is 0.135. The van der Waals surface area contributed by atoms with Gasteiger partial charge in [-0.3, -0.25) is 4.79 Å². The largest absolute Gasteiger partial charge is 0.394 e. The summed E-state index contributed by atoms with van der Waals surface area (Å²) in [6, 6.07) is 0. The molecule has 0 saturated carbocycles. The van der Waals surface area contributed by atoms with Crippen LogP contribution >= 0.6 is 0 Å². The first-order valence-corrected chi connectivity index (χ1v) is 4.85. The van der Waals surface area contributed by atoms with Gasteiger partial charge in [-0.1, -0.05) is 0 Å². The van der Waals surface area contributed by atoms with Gasteiger partial charge in [-0.2, -0.15) is 0 Å². The number of carbonyl (C=O) groups is 1. The van der Waals surface area contributed by atoms with Crippen LogP contribution in [0.4, 0.5) is 0 Å². The Hall–Kier alpha value is -0.690. The molecular weight excluding hydrogens is 202 g/mol. The molecule has 0 rings (SSSR count). The van der Waals surface area contributed by atoms with Crippen molar-refractivity contribution in [2.45, 2.75) is 18.9 Å². The molecule has 0 aliphatic heterocycles. The summed E-state index contributed by atoms with van der Waals surface area (Å²) in [5, 5.41) is 29.2. The molecule has 0 heterocycles. The zero-order valence-corrected chi connectivity index (χ0v) is 8.90. The van der Waals surface area contributed by atoms with E-state index in [1.165, 1.54) is 0 Å². The van der Waals surface area contributed by atoms with Crippen molar-refractivity contribution in [1.29, 1.82) is 0 Å². The van der Waals surface area contributed by atoms with E-state index in [9.17, 15) is 4.79 Å². The van der Waals surface area contributed by atoms with Gasteiger partial charge in [-0.25, -0.2) is 0 Å². The van der Waals surface area contributed by atoms with E-state index >= 15 is 0 Å². The predicted molar refractivity (Wildman–Crippen MR) is 53.2 cm³/mol. The van der Waals surface area contributed by atoms with Crippen molar-refractivity contribution in [1.82, 2.24) is 5.32 Å². The average molecular weight is 221 g/mol. The smallest absolute Gasteiger partial charge is 0.222 e. The molecule has 0 aromatic carbocycles. The Balaban J connectivity index is 4.00. The molecule has 90 valence electrons. The molecule has 15 heavy (non-hydrogen) atoms. The maximum absolute atomic E-state index is 11.3. The lowest BCUT2D eigenvalue weighted by atomic mass is 10.0. The van der Waals surface area contributed by atoms with E-state index in [4.69, 9.17) is 20.1 Å². The summed E-state index contributed by atoms with van der Waals surface area (Å²) < 4.78 is 4.97. The molecule has 0 spiro atoms. The van der Waals surface area contributed by atoms with E-state index in [-0.39, 0.29) is 18.9 Å². The SMILES string of the molecule is CCOCCC(=O)NC(CO)(CO)CO. The standard InChI is InChI=1S/C9H19NO5/c1-2-15-4-3-8(14)10-9(5-11,6-12)7-13/h11-13H,2-7H2,1H3,(H,10,14). The summed E-state index contributed by atoms with van der Waals surface area (Å²) in [5.41, 5.74) is -1.34. The Morgan fingerprint density at radius 3 is 2.20 bits per heavy atom. The summed E-state index contributed by atoms with van der Waals surface area (Å²) in [5.74, 6) is -0.374. The number of rotatable bonds is 8. The van der Waals surface area contributed by atoms with Gasteiger partial charge < -0.3 is 25.4 Å². The highest BCUT2D eigenvalue weighted by atomic mass is 16.5. The third-order valence-corrected chi connectivity index (χ3v) is 1.99. The first kappa shape index (κ1) is 14.3. The van der Waals surface area contributed by atoms with Crippen molar-refractivity contribution in [2.75, 3.05) is 33.0 Å². The van der Waals surface area contributed by atoms with Crippen molar-refractivity contribution in [3.8, 4) is 0 Å². The summed E-state index contributed by atoms with van der Waals surface area (Å²) >= 11 is 0. The lowest BCUT2D eigenvalue weighted by molar-refractivity contribution is -0.126. The van der Waals surface area contributed by atoms with Gasteiger partial charge in [-0.05, 0) is 6.92 Å². The number of carbonyl (C=O) groups excluding carboxylic acids is 1. The third-order valence-electron chi connectivity index (χ3n) is 1.99. The fraction of sp³-hybridized carbons (Fsp3) is 0.889. The van der Waals surface area contributed by atoms with Crippen molar-refractivity contribution in [3.63, 3.8) is 0 Å². The molecule has 6 heteroatoms. The van der Waals surface area contributed by atoms with E-state index in [2.05, 4.69) is 5.32 Å². The molecule has 0 aliphatic carbocycles. The summed E-state index contributed by atoms with van der Waals surface area (Å²) in [4.78, 5) is 11.3. The number of hydrogen-bond donors (Lipinski definition) is 4. The topological polar surface area (TPSA) is 99.0 Å². The fourth-order valence-corrected chi connectivity index (χ4v) is 0.936. The van der Waals surface area contributed by atoms with E-state index in [1.807, 2.05) is 6.92 Å². The normalized spacial score (nSPS) is 11.5. The molecule has 0 aromatic rings. The van der Waals surface area contributed by atoms with E-state index in [0.29, 0.717) is 6.61 Å². The monoisotopic (exact) mass is 221 g/mol. The molecule has 1 amide bonds. The second-order valence-corrected chi connectivity index (χ2v) is 3.25. The first-order valence-electron chi connectivity index (χ1n) is 4.85. The number of nitrogens with one attached hydrogen (secondary N) is 1. The molecule has 0 atom stereocenters. The number of aliphatic hydroxyl groups is 3. The molecule has 0 radical (unpaired) electrons. The van der Waals surface area contributed by atoms with E-state index in [1.54, 1.807) is 0 Å². The zero-order chi connectivity index (χ0) is 11.7. The molecule has 4 N–H and O–H groups in total. The molecule has 0 fully saturated rings. The third kappa shape index (κ3) is 5.08. The molecule has 0 saturated heterocycles. The van der Waals surface area contributed by atoms with Gasteiger partial charge in [0.05, 0.1) is 26.4 Å². The Morgan fingerprint density at radius 1 is 1.27 bits per heavy atom. The van der Waals surface area contributed by atoms with Crippen LogP contribution in [0.2, 0.25) is 0 Å². The maximum Gasteiger partial charge on any atom is 0.222 e. The van der Waals surface area contributed by atoms with Crippen LogP contribution in [0, 0.1) is 0 Å². The van der Waals surface area contributed by atoms with Gasteiger partial charge in [0.15, 0.2) is 0 Å². The minimum absolute atomic E-state index is 0.135. The van der Waals surface area contributed by atoms with Gasteiger partial charge in [0.25, 0.3) is 0 Å². The molecule has 0 unspecified atom stereocenters. The first-order chi connectivity index (χ1) is 7.14. The van der Waals surface area contributed by atoms with Gasteiger partial charge in [0.1, 0.15) is 5.54 Å².